The molecular formula is C22H22ClNO4. The molecule has 146 valence electrons. The van der Waals surface area contributed by atoms with Crippen molar-refractivity contribution >= 4 is 44.9 Å². The zero-order valence-electron chi connectivity index (χ0n) is 16.5. The summed E-state index contributed by atoms with van der Waals surface area (Å²) < 4.78 is 22.0. The number of benzene rings is 3. The van der Waals surface area contributed by atoms with Crippen LogP contribution in [-0.2, 0) is 0 Å². The molecule has 0 atom stereocenters. The SMILES string of the molecule is COc1cc2ccc3nc(C)c4cc(OC)c(OC)cc4c3c2cc1OC.Cl. The van der Waals surface area contributed by atoms with Gasteiger partial charge < -0.3 is 18.9 Å². The number of ether oxygens (including phenoxy) is 4. The standard InChI is InChI=1S/C22H21NO4.ClH/c1-12-14-9-19(25-3)21(27-5)11-16(14)22-15-10-20(26-4)18(24-2)8-13(15)6-7-17(22)23-12;/h6-11H,1-5H3;1H. The summed E-state index contributed by atoms with van der Waals surface area (Å²) >= 11 is 0. The first-order valence-corrected chi connectivity index (χ1v) is 8.62. The lowest BCUT2D eigenvalue weighted by Crippen LogP contribution is -1.95. The topological polar surface area (TPSA) is 49.8 Å². The van der Waals surface area contributed by atoms with Gasteiger partial charge in [0.2, 0.25) is 0 Å². The maximum Gasteiger partial charge on any atom is 0.161 e. The molecule has 0 bridgehead atoms. The van der Waals surface area contributed by atoms with E-state index in [4.69, 9.17) is 23.9 Å². The van der Waals surface area contributed by atoms with Gasteiger partial charge in [-0.3, -0.25) is 4.98 Å². The summed E-state index contributed by atoms with van der Waals surface area (Å²) in [6.07, 6.45) is 0. The van der Waals surface area contributed by atoms with Gasteiger partial charge >= 0.3 is 0 Å². The van der Waals surface area contributed by atoms with Gasteiger partial charge in [0.05, 0.1) is 34.0 Å². The smallest absolute Gasteiger partial charge is 0.161 e. The number of fused-ring (bicyclic) bond motifs is 5. The van der Waals surface area contributed by atoms with Crippen molar-refractivity contribution < 1.29 is 18.9 Å². The third kappa shape index (κ3) is 2.92. The highest BCUT2D eigenvalue weighted by Crippen LogP contribution is 2.41. The van der Waals surface area contributed by atoms with Crippen molar-refractivity contribution in [2.75, 3.05) is 28.4 Å². The van der Waals surface area contributed by atoms with E-state index in [-0.39, 0.29) is 12.4 Å². The van der Waals surface area contributed by atoms with Crippen LogP contribution in [-0.4, -0.2) is 33.4 Å². The van der Waals surface area contributed by atoms with Crippen LogP contribution < -0.4 is 18.9 Å². The third-order valence-corrected chi connectivity index (χ3v) is 4.97. The first-order chi connectivity index (χ1) is 13.1. The monoisotopic (exact) mass is 399 g/mol. The summed E-state index contributed by atoms with van der Waals surface area (Å²) in [5.41, 5.74) is 1.87. The number of rotatable bonds is 4. The second kappa shape index (κ2) is 7.60. The Labute approximate surface area is 169 Å². The number of nitrogens with zero attached hydrogens (tertiary/aromatic N) is 1. The van der Waals surface area contributed by atoms with E-state index in [0.717, 1.165) is 38.1 Å². The summed E-state index contributed by atoms with van der Waals surface area (Å²) in [5.74, 6) is 2.77. The molecule has 0 N–H and O–H groups in total. The molecule has 0 amide bonds. The highest BCUT2D eigenvalue weighted by Gasteiger charge is 2.15. The Balaban J connectivity index is 0.00000225. The van der Waals surface area contributed by atoms with Crippen molar-refractivity contribution in [3.05, 3.63) is 42.1 Å². The Morgan fingerprint density at radius 2 is 1.14 bits per heavy atom. The maximum atomic E-state index is 5.54. The zero-order valence-corrected chi connectivity index (χ0v) is 17.3. The van der Waals surface area contributed by atoms with E-state index < -0.39 is 0 Å². The lowest BCUT2D eigenvalue weighted by Gasteiger charge is -2.15. The predicted octanol–water partition coefficient (Wildman–Crippen LogP) is 5.31. The minimum absolute atomic E-state index is 0. The Hall–Kier alpha value is -2.92. The predicted molar refractivity (Wildman–Crippen MR) is 115 cm³/mol. The van der Waals surface area contributed by atoms with Crippen LogP contribution in [0.1, 0.15) is 5.69 Å². The molecule has 0 fully saturated rings. The molecule has 6 heteroatoms. The molecule has 0 aliphatic carbocycles. The fourth-order valence-electron chi connectivity index (χ4n) is 3.64. The van der Waals surface area contributed by atoms with Crippen LogP contribution in [0.2, 0.25) is 0 Å². The molecule has 1 aromatic heterocycles. The molecule has 3 aromatic carbocycles. The second-order valence-corrected chi connectivity index (χ2v) is 6.34. The molecule has 28 heavy (non-hydrogen) atoms. The van der Waals surface area contributed by atoms with Gasteiger partial charge in [-0.15, -0.1) is 12.4 Å². The highest BCUT2D eigenvalue weighted by atomic mass is 35.5. The molecule has 0 aliphatic rings. The van der Waals surface area contributed by atoms with Crippen molar-refractivity contribution in [2.24, 2.45) is 0 Å². The van der Waals surface area contributed by atoms with E-state index in [0.29, 0.717) is 23.0 Å². The number of methoxy groups -OCH3 is 4. The Morgan fingerprint density at radius 1 is 0.643 bits per heavy atom. The number of aryl methyl sites for hydroxylation is 1. The zero-order chi connectivity index (χ0) is 19.1. The first kappa shape index (κ1) is 19.8. The Morgan fingerprint density at radius 3 is 1.71 bits per heavy atom. The molecule has 4 aromatic rings. The molecule has 0 saturated heterocycles. The van der Waals surface area contributed by atoms with Gasteiger partial charge in [0.1, 0.15) is 0 Å². The molecule has 0 unspecified atom stereocenters. The van der Waals surface area contributed by atoms with Gasteiger partial charge in [-0.2, -0.15) is 0 Å². The molecule has 0 spiro atoms. The van der Waals surface area contributed by atoms with Crippen molar-refractivity contribution in [1.29, 1.82) is 0 Å². The number of aromatic nitrogens is 1. The largest absolute Gasteiger partial charge is 0.493 e. The van der Waals surface area contributed by atoms with Crippen molar-refractivity contribution in [1.82, 2.24) is 4.98 Å². The molecule has 4 rings (SSSR count). The summed E-state index contributed by atoms with van der Waals surface area (Å²) in [6.45, 7) is 2.01. The van der Waals surface area contributed by atoms with Crippen molar-refractivity contribution in [3.63, 3.8) is 0 Å². The van der Waals surface area contributed by atoms with E-state index in [9.17, 15) is 0 Å². The van der Waals surface area contributed by atoms with Gasteiger partial charge in [-0.25, -0.2) is 0 Å². The summed E-state index contributed by atoms with van der Waals surface area (Å²) in [7, 11) is 6.57. The quantitative estimate of drug-likeness (QED) is 0.435. The van der Waals surface area contributed by atoms with Crippen LogP contribution in [0.25, 0.3) is 32.4 Å². The number of hydrogen-bond donors (Lipinski definition) is 0. The number of halogens is 1. The number of hydrogen-bond acceptors (Lipinski definition) is 5. The van der Waals surface area contributed by atoms with Gasteiger partial charge in [0.15, 0.2) is 23.0 Å². The number of pyridine rings is 1. The van der Waals surface area contributed by atoms with E-state index in [2.05, 4.69) is 6.07 Å². The van der Waals surface area contributed by atoms with Crippen LogP contribution in [0.15, 0.2) is 36.4 Å². The lowest BCUT2D eigenvalue weighted by molar-refractivity contribution is 0.356. The summed E-state index contributed by atoms with van der Waals surface area (Å²) in [5, 5.41) is 5.25. The lowest BCUT2D eigenvalue weighted by atomic mass is 9.97. The normalized spacial score (nSPS) is 10.8. The Bertz CT molecular complexity index is 1190. The van der Waals surface area contributed by atoms with E-state index in [1.165, 1.54) is 0 Å². The maximum absolute atomic E-state index is 5.54. The molecule has 0 radical (unpaired) electrons. The van der Waals surface area contributed by atoms with Gasteiger partial charge in [-0.05, 0) is 53.4 Å². The van der Waals surface area contributed by atoms with Crippen molar-refractivity contribution in [3.8, 4) is 23.0 Å². The van der Waals surface area contributed by atoms with Crippen LogP contribution in [0, 0.1) is 6.92 Å². The Kier molecular flexibility index (Phi) is 5.38. The average molecular weight is 400 g/mol. The van der Waals surface area contributed by atoms with Crippen LogP contribution in [0.3, 0.4) is 0 Å². The molecule has 1 heterocycles. The van der Waals surface area contributed by atoms with E-state index in [1.54, 1.807) is 28.4 Å². The van der Waals surface area contributed by atoms with Crippen LogP contribution in [0.5, 0.6) is 23.0 Å². The van der Waals surface area contributed by atoms with Crippen molar-refractivity contribution in [2.45, 2.75) is 6.92 Å². The van der Waals surface area contributed by atoms with Crippen LogP contribution in [0.4, 0.5) is 0 Å². The van der Waals surface area contributed by atoms with Gasteiger partial charge in [0, 0.05) is 16.5 Å². The van der Waals surface area contributed by atoms with Crippen LogP contribution >= 0.6 is 12.4 Å². The molecule has 5 nitrogen and oxygen atoms in total. The first-order valence-electron chi connectivity index (χ1n) is 8.62. The second-order valence-electron chi connectivity index (χ2n) is 6.34. The van der Waals surface area contributed by atoms with Gasteiger partial charge in [0.25, 0.3) is 0 Å². The minimum Gasteiger partial charge on any atom is -0.493 e. The van der Waals surface area contributed by atoms with Gasteiger partial charge in [-0.1, -0.05) is 6.07 Å². The highest BCUT2D eigenvalue weighted by molar-refractivity contribution is 6.20. The summed E-state index contributed by atoms with van der Waals surface area (Å²) in [6, 6.07) is 12.1. The van der Waals surface area contributed by atoms with E-state index in [1.807, 2.05) is 37.3 Å². The fraction of sp³-hybridized carbons (Fsp3) is 0.227. The summed E-state index contributed by atoms with van der Waals surface area (Å²) in [4.78, 5) is 4.81. The third-order valence-electron chi connectivity index (χ3n) is 4.97. The van der Waals surface area contributed by atoms with E-state index >= 15 is 0 Å². The molecule has 0 saturated carbocycles. The molecular weight excluding hydrogens is 378 g/mol. The molecule has 0 aliphatic heterocycles. The fourth-order valence-corrected chi connectivity index (χ4v) is 3.64. The average Bonchev–Trinajstić information content (AvgIpc) is 2.71. The minimum atomic E-state index is 0.